The molecule has 182 valence electrons. The number of hydrogen-bond donors (Lipinski definition) is 2. The Morgan fingerprint density at radius 2 is 1.85 bits per heavy atom. The van der Waals surface area contributed by atoms with Crippen molar-refractivity contribution in [2.75, 3.05) is 5.32 Å². The van der Waals surface area contributed by atoms with Crippen LogP contribution < -0.4 is 5.32 Å². The molecule has 2 saturated carbocycles. The van der Waals surface area contributed by atoms with Gasteiger partial charge < -0.3 is 9.94 Å². The van der Waals surface area contributed by atoms with Crippen LogP contribution in [0.25, 0.3) is 0 Å². The van der Waals surface area contributed by atoms with E-state index in [1.165, 1.54) is 23.5 Å². The largest absolute Gasteiger partial charge is 0.481 e. The maximum atomic E-state index is 13.2. The third-order valence-electron chi connectivity index (χ3n) is 5.87. The number of carboxylic acid groups (broad SMARTS) is 1. The van der Waals surface area contributed by atoms with Crippen LogP contribution in [0.15, 0.2) is 34.3 Å². The molecule has 2 aliphatic carbocycles. The molecule has 0 saturated heterocycles. The van der Waals surface area contributed by atoms with Gasteiger partial charge in [-0.15, -0.1) is 11.3 Å². The van der Waals surface area contributed by atoms with E-state index in [0.29, 0.717) is 30.5 Å². The Bertz CT molecular complexity index is 1190. The van der Waals surface area contributed by atoms with Crippen LogP contribution in [0.4, 0.5) is 5.13 Å². The van der Waals surface area contributed by atoms with E-state index in [-0.39, 0.29) is 33.5 Å². The number of amides is 1. The van der Waals surface area contributed by atoms with Gasteiger partial charge in [-0.1, -0.05) is 24.2 Å². The van der Waals surface area contributed by atoms with Crippen molar-refractivity contribution in [2.24, 2.45) is 5.16 Å². The number of nitrogens with zero attached hydrogens (tertiary/aromatic N) is 2. The lowest BCUT2D eigenvalue weighted by Crippen LogP contribution is -2.25. The van der Waals surface area contributed by atoms with Gasteiger partial charge in [0, 0.05) is 10.4 Å². The number of aromatic nitrogens is 1. The molecule has 1 amide bonds. The number of benzene rings is 1. The number of hydrogen-bond acceptors (Lipinski definition) is 8. The van der Waals surface area contributed by atoms with E-state index in [2.05, 4.69) is 15.5 Å². The maximum absolute atomic E-state index is 13.2. The average molecular weight is 506 g/mol. The topological polar surface area (TPSA) is 135 Å². The van der Waals surface area contributed by atoms with E-state index in [1.54, 1.807) is 12.1 Å². The van der Waals surface area contributed by atoms with Crippen LogP contribution in [-0.2, 0) is 37.1 Å². The smallest absolute Gasteiger partial charge is 0.309 e. The number of aryl methyl sites for hydroxylation is 1. The Kier molecular flexibility index (Phi) is 7.32. The highest BCUT2D eigenvalue weighted by Gasteiger charge is 2.36. The van der Waals surface area contributed by atoms with Gasteiger partial charge in [-0.25, -0.2) is 13.4 Å². The molecule has 0 bridgehead atoms. The molecule has 34 heavy (non-hydrogen) atoms. The molecule has 0 spiro atoms. The summed E-state index contributed by atoms with van der Waals surface area (Å²) in [6.45, 7) is 1.89. The van der Waals surface area contributed by atoms with Gasteiger partial charge in [-0.3, -0.25) is 14.9 Å². The average Bonchev–Trinajstić information content (AvgIpc) is 3.42. The summed E-state index contributed by atoms with van der Waals surface area (Å²) in [7, 11) is -3.35. The van der Waals surface area contributed by atoms with Crippen LogP contribution in [-0.4, -0.2) is 47.5 Å². The minimum atomic E-state index is -3.35. The normalized spacial score (nSPS) is 17.0. The molecule has 2 N–H and O–H groups in total. The number of aliphatic carboxylic acids is 1. The molecule has 4 rings (SSSR count). The van der Waals surface area contributed by atoms with Gasteiger partial charge in [0.15, 0.2) is 20.7 Å². The first-order valence-electron chi connectivity index (χ1n) is 11.4. The molecular weight excluding hydrogens is 478 g/mol. The van der Waals surface area contributed by atoms with Crippen molar-refractivity contribution < 1.29 is 28.0 Å². The summed E-state index contributed by atoms with van der Waals surface area (Å²) >= 11 is 1.22. The van der Waals surface area contributed by atoms with Gasteiger partial charge in [0.05, 0.1) is 22.3 Å². The maximum Gasteiger partial charge on any atom is 0.309 e. The van der Waals surface area contributed by atoms with Gasteiger partial charge in [0.2, 0.25) is 0 Å². The Balaban J connectivity index is 1.58. The fraction of sp³-hybridized carbons (Fsp3) is 0.478. The number of carboxylic acids is 1. The summed E-state index contributed by atoms with van der Waals surface area (Å²) in [6.07, 6.45) is 5.46. The number of sulfone groups is 1. The number of rotatable bonds is 10. The molecule has 2 fully saturated rings. The third kappa shape index (κ3) is 5.64. The van der Waals surface area contributed by atoms with E-state index in [4.69, 9.17) is 9.94 Å². The fourth-order valence-electron chi connectivity index (χ4n) is 3.87. The van der Waals surface area contributed by atoms with Gasteiger partial charge >= 0.3 is 5.97 Å². The number of carbonyl (C=O) groups excluding carboxylic acids is 1. The third-order valence-corrected chi connectivity index (χ3v) is 9.30. The minimum absolute atomic E-state index is 0.00954. The van der Waals surface area contributed by atoms with E-state index in [0.717, 1.165) is 30.6 Å². The molecule has 0 radical (unpaired) electrons. The van der Waals surface area contributed by atoms with E-state index >= 15 is 0 Å². The molecule has 2 aliphatic rings. The molecule has 1 heterocycles. The van der Waals surface area contributed by atoms with Crippen LogP contribution in [0.3, 0.4) is 0 Å². The predicted molar refractivity (Wildman–Crippen MR) is 128 cm³/mol. The Hall–Kier alpha value is -2.79. The fourth-order valence-corrected chi connectivity index (χ4v) is 6.44. The summed E-state index contributed by atoms with van der Waals surface area (Å²) < 4.78 is 25.0. The summed E-state index contributed by atoms with van der Waals surface area (Å²) in [5.74, 6) is -1.56. The minimum Gasteiger partial charge on any atom is -0.481 e. The zero-order chi connectivity index (χ0) is 24.3. The molecule has 11 heteroatoms. The molecule has 1 aromatic carbocycles. The quantitative estimate of drug-likeness (QED) is 0.372. The molecule has 0 unspecified atom stereocenters. The van der Waals surface area contributed by atoms with Gasteiger partial charge in [0.1, 0.15) is 6.10 Å². The highest BCUT2D eigenvalue weighted by Crippen LogP contribution is 2.33. The zero-order valence-corrected chi connectivity index (χ0v) is 20.5. The summed E-state index contributed by atoms with van der Waals surface area (Å²) in [6, 6.07) is 6.09. The standard InChI is InChI=1S/C23H27N3O6S2/c1-2-19-18(13-20(27)28)24-23(33-19)25-22(29)21(26-32-15-5-3-4-6-15)14-7-9-16(10-8-14)34(30,31)17-11-12-17/h7-10,15,17H,2-6,11-13H2,1H3,(H,27,28)(H,24,25,29)/b26-21+. The molecule has 0 aliphatic heterocycles. The summed E-state index contributed by atoms with van der Waals surface area (Å²) in [5.41, 5.74) is 0.851. The van der Waals surface area contributed by atoms with Crippen LogP contribution >= 0.6 is 11.3 Å². The Labute approximate surface area is 202 Å². The summed E-state index contributed by atoms with van der Waals surface area (Å²) in [5, 5.41) is 15.9. The first kappa shape index (κ1) is 24.3. The van der Waals surface area contributed by atoms with Gasteiger partial charge in [-0.2, -0.15) is 0 Å². The lowest BCUT2D eigenvalue weighted by atomic mass is 10.1. The van der Waals surface area contributed by atoms with Gasteiger partial charge in [-0.05, 0) is 57.1 Å². The SMILES string of the molecule is CCc1sc(NC(=O)/C(=N/OC2CCCC2)c2ccc(S(=O)(=O)C3CC3)cc2)nc1CC(=O)O. The summed E-state index contributed by atoms with van der Waals surface area (Å²) in [4.78, 5) is 35.2. The number of thiazole rings is 1. The molecule has 0 atom stereocenters. The lowest BCUT2D eigenvalue weighted by molar-refractivity contribution is -0.136. The lowest BCUT2D eigenvalue weighted by Gasteiger charge is -2.11. The predicted octanol–water partition coefficient (Wildman–Crippen LogP) is 3.57. The molecular formula is C23H27N3O6S2. The van der Waals surface area contributed by atoms with Crippen LogP contribution in [0.5, 0.6) is 0 Å². The number of oxime groups is 1. The molecule has 1 aromatic heterocycles. The number of nitrogens with one attached hydrogen (secondary N) is 1. The van der Waals surface area contributed by atoms with Gasteiger partial charge in [0.25, 0.3) is 5.91 Å². The Morgan fingerprint density at radius 3 is 2.44 bits per heavy atom. The van der Waals surface area contributed by atoms with Crippen molar-refractivity contribution in [3.8, 4) is 0 Å². The number of anilines is 1. The van der Waals surface area contributed by atoms with Crippen molar-refractivity contribution in [3.05, 3.63) is 40.4 Å². The Morgan fingerprint density at radius 1 is 1.18 bits per heavy atom. The van der Waals surface area contributed by atoms with E-state index in [1.807, 2.05) is 6.92 Å². The molecule has 9 nitrogen and oxygen atoms in total. The second-order valence-corrected chi connectivity index (χ2v) is 11.8. The number of carbonyl (C=O) groups is 2. The van der Waals surface area contributed by atoms with Crippen molar-refractivity contribution in [1.82, 2.24) is 4.98 Å². The van der Waals surface area contributed by atoms with E-state index in [9.17, 15) is 18.0 Å². The van der Waals surface area contributed by atoms with Crippen LogP contribution in [0.1, 0.15) is 61.6 Å². The van der Waals surface area contributed by atoms with E-state index < -0.39 is 21.7 Å². The highest BCUT2D eigenvalue weighted by molar-refractivity contribution is 7.92. The second-order valence-electron chi connectivity index (χ2n) is 8.49. The van der Waals surface area contributed by atoms with Crippen molar-refractivity contribution in [1.29, 1.82) is 0 Å². The zero-order valence-electron chi connectivity index (χ0n) is 18.8. The van der Waals surface area contributed by atoms with Crippen molar-refractivity contribution in [3.63, 3.8) is 0 Å². The van der Waals surface area contributed by atoms with Crippen LogP contribution in [0, 0.1) is 0 Å². The highest BCUT2D eigenvalue weighted by atomic mass is 32.2. The second kappa shape index (κ2) is 10.2. The van der Waals surface area contributed by atoms with Crippen molar-refractivity contribution in [2.45, 2.75) is 74.5 Å². The monoisotopic (exact) mass is 505 g/mol. The first-order valence-corrected chi connectivity index (χ1v) is 13.7. The van der Waals surface area contributed by atoms with Crippen molar-refractivity contribution >= 4 is 43.9 Å². The van der Waals surface area contributed by atoms with Crippen LogP contribution in [0.2, 0.25) is 0 Å². The molecule has 2 aromatic rings. The first-order chi connectivity index (χ1) is 16.3.